The number of aliphatic hydroxyl groups is 1. The Hall–Kier alpha value is -2.94. The highest BCUT2D eigenvalue weighted by atomic mass is 16.4. The van der Waals surface area contributed by atoms with Gasteiger partial charge in [-0.05, 0) is 30.5 Å². The minimum Gasteiger partial charge on any atom is -0.477 e. The summed E-state index contributed by atoms with van der Waals surface area (Å²) >= 11 is 0. The summed E-state index contributed by atoms with van der Waals surface area (Å²) in [6.07, 6.45) is 2.08. The van der Waals surface area contributed by atoms with Gasteiger partial charge in [0, 0.05) is 32.4 Å². The Morgan fingerprint density at radius 1 is 1.44 bits per heavy atom. The molecule has 0 radical (unpaired) electrons. The molecule has 0 saturated carbocycles. The van der Waals surface area contributed by atoms with Gasteiger partial charge >= 0.3 is 5.97 Å². The normalized spacial score (nSPS) is 23.6. The molecule has 0 aliphatic carbocycles. The molecule has 9 heteroatoms. The number of nitrogens with zero attached hydrogens (tertiary/aromatic N) is 2. The van der Waals surface area contributed by atoms with Crippen LogP contribution in [0.5, 0.6) is 0 Å². The fourth-order valence-corrected chi connectivity index (χ4v) is 3.93. The van der Waals surface area contributed by atoms with E-state index in [4.69, 9.17) is 5.41 Å². The molecule has 0 bridgehead atoms. The van der Waals surface area contributed by atoms with E-state index in [9.17, 15) is 24.6 Å². The second kappa shape index (κ2) is 6.66. The maximum Gasteiger partial charge on any atom is 0.352 e. The average Bonchev–Trinajstić information content (AvgIpc) is 3.18. The number of aliphatic carboxylic acids is 1. The highest BCUT2D eigenvalue weighted by molar-refractivity contribution is 6.01. The number of H-pyrrole nitrogens is 1. The Bertz CT molecular complexity index is 854. The Labute approximate surface area is 155 Å². The Balaban J connectivity index is 1.98. The lowest BCUT2D eigenvalue weighted by Gasteiger charge is -2.44. The van der Waals surface area contributed by atoms with Crippen LogP contribution >= 0.6 is 0 Å². The van der Waals surface area contributed by atoms with Crippen molar-refractivity contribution >= 4 is 24.0 Å². The van der Waals surface area contributed by atoms with Crippen molar-refractivity contribution in [3.8, 4) is 0 Å². The van der Waals surface area contributed by atoms with Gasteiger partial charge in [-0.25, -0.2) is 4.79 Å². The van der Waals surface area contributed by atoms with Crippen LogP contribution in [-0.2, 0) is 9.59 Å². The third kappa shape index (κ3) is 2.84. The first-order chi connectivity index (χ1) is 12.7. The van der Waals surface area contributed by atoms with Crippen molar-refractivity contribution in [1.82, 2.24) is 14.8 Å². The molecular weight excluding hydrogens is 352 g/mol. The average molecular weight is 374 g/mol. The van der Waals surface area contributed by atoms with Crippen LogP contribution in [0, 0.1) is 11.3 Å². The number of β-lactam (4-membered cyclic amide) rings is 1. The predicted molar refractivity (Wildman–Crippen MR) is 95.4 cm³/mol. The third-order valence-electron chi connectivity index (χ3n) is 5.21. The van der Waals surface area contributed by atoms with Gasteiger partial charge in [0.1, 0.15) is 11.4 Å². The molecular formula is C18H22N4O5. The molecule has 4 atom stereocenters. The number of hydrogen-bond donors (Lipinski definition) is 4. The Kier molecular flexibility index (Phi) is 4.64. The molecule has 1 saturated heterocycles. The number of carbonyl (C=O) groups is 3. The summed E-state index contributed by atoms with van der Waals surface area (Å²) in [4.78, 5) is 41.7. The summed E-state index contributed by atoms with van der Waals surface area (Å²) in [6.45, 7) is 1.51. The maximum absolute atomic E-state index is 12.3. The lowest BCUT2D eigenvalue weighted by Crippen LogP contribution is -2.61. The number of amides is 2. The van der Waals surface area contributed by atoms with E-state index in [0.717, 1.165) is 6.21 Å². The maximum atomic E-state index is 12.3. The molecule has 1 aromatic heterocycles. The van der Waals surface area contributed by atoms with Gasteiger partial charge in [0.2, 0.25) is 5.91 Å². The third-order valence-corrected chi connectivity index (χ3v) is 5.21. The van der Waals surface area contributed by atoms with E-state index in [-0.39, 0.29) is 18.0 Å². The summed E-state index contributed by atoms with van der Waals surface area (Å²) < 4.78 is 0. The van der Waals surface area contributed by atoms with Crippen LogP contribution in [-0.4, -0.2) is 75.2 Å². The molecule has 4 N–H and O–H groups in total. The molecule has 2 aliphatic heterocycles. The highest BCUT2D eigenvalue weighted by Crippen LogP contribution is 2.47. The Morgan fingerprint density at radius 3 is 2.63 bits per heavy atom. The van der Waals surface area contributed by atoms with Crippen LogP contribution in [0.15, 0.2) is 23.5 Å². The summed E-state index contributed by atoms with van der Waals surface area (Å²) in [5.74, 6) is -3.21. The molecule has 2 amide bonds. The number of carboxylic acids is 1. The molecule has 1 unspecified atom stereocenters. The van der Waals surface area contributed by atoms with Crippen molar-refractivity contribution in [3.05, 3.63) is 34.8 Å². The fraction of sp³-hybridized carbons (Fsp3) is 0.444. The number of carbonyl (C=O) groups excluding carboxylic acids is 2. The number of rotatable bonds is 6. The van der Waals surface area contributed by atoms with Gasteiger partial charge in [0.25, 0.3) is 5.91 Å². The van der Waals surface area contributed by atoms with Gasteiger partial charge in [0.05, 0.1) is 18.1 Å². The van der Waals surface area contributed by atoms with Crippen LogP contribution in [0.2, 0.25) is 0 Å². The highest BCUT2D eigenvalue weighted by Gasteiger charge is 2.57. The summed E-state index contributed by atoms with van der Waals surface area (Å²) in [5, 5.41) is 27.3. The van der Waals surface area contributed by atoms with E-state index in [1.54, 1.807) is 26.4 Å². The van der Waals surface area contributed by atoms with Crippen molar-refractivity contribution in [1.29, 1.82) is 5.41 Å². The van der Waals surface area contributed by atoms with Crippen LogP contribution in [0.25, 0.3) is 0 Å². The van der Waals surface area contributed by atoms with Gasteiger partial charge in [-0.3, -0.25) is 9.59 Å². The molecule has 0 spiro atoms. The molecule has 0 aromatic carbocycles. The minimum atomic E-state index is -1.24. The zero-order valence-electron chi connectivity index (χ0n) is 15.3. The van der Waals surface area contributed by atoms with Crippen molar-refractivity contribution in [2.24, 2.45) is 5.92 Å². The van der Waals surface area contributed by atoms with E-state index in [2.05, 4.69) is 4.98 Å². The van der Waals surface area contributed by atoms with Crippen molar-refractivity contribution < 1.29 is 24.6 Å². The molecule has 3 heterocycles. The first kappa shape index (κ1) is 18.8. The minimum absolute atomic E-state index is 0.128. The molecule has 144 valence electrons. The lowest BCUT2D eigenvalue weighted by atomic mass is 9.81. The van der Waals surface area contributed by atoms with Crippen molar-refractivity contribution in [3.63, 3.8) is 0 Å². The monoisotopic (exact) mass is 374 g/mol. The number of carboxylic acid groups (broad SMARTS) is 1. The van der Waals surface area contributed by atoms with E-state index < -0.39 is 35.9 Å². The van der Waals surface area contributed by atoms with Crippen LogP contribution in [0.3, 0.4) is 0 Å². The summed E-state index contributed by atoms with van der Waals surface area (Å²) in [7, 11) is 3.23. The molecule has 1 aromatic rings. The van der Waals surface area contributed by atoms with E-state index in [0.29, 0.717) is 16.8 Å². The number of aliphatic hydroxyl groups excluding tert-OH is 1. The van der Waals surface area contributed by atoms with Crippen molar-refractivity contribution in [2.75, 3.05) is 14.1 Å². The summed E-state index contributed by atoms with van der Waals surface area (Å²) in [5.41, 5.74) is 1.21. The number of hydrogen-bond acceptors (Lipinski definition) is 5. The van der Waals surface area contributed by atoms with Crippen LogP contribution < -0.4 is 0 Å². The van der Waals surface area contributed by atoms with Gasteiger partial charge in [0.15, 0.2) is 0 Å². The molecule has 3 rings (SSSR count). The molecule has 1 fully saturated rings. The molecule has 27 heavy (non-hydrogen) atoms. The quantitative estimate of drug-likeness (QED) is 0.422. The number of aromatic nitrogens is 1. The second-order valence-corrected chi connectivity index (χ2v) is 7.12. The molecule has 2 aliphatic rings. The zero-order chi connectivity index (χ0) is 20.0. The van der Waals surface area contributed by atoms with Crippen LogP contribution in [0.1, 0.15) is 35.3 Å². The van der Waals surface area contributed by atoms with Gasteiger partial charge in [-0.2, -0.15) is 0 Å². The standard InChI is InChI=1S/C18H22N4O5/c1-8(23)14-13-5-10(15(18(26)27)22(13)17(14)25)11(6-19)9-4-12(20-7-9)16(24)21(2)3/h4,6-8,11,13-14,19-20,23H,5H2,1-3H3,(H,26,27)/t8-,11?,13-,14-/m1/s1. The predicted octanol–water partition coefficient (Wildman–Crippen LogP) is 0.400. The number of fused-ring (bicyclic) bond motifs is 1. The van der Waals surface area contributed by atoms with Crippen molar-refractivity contribution in [2.45, 2.75) is 31.4 Å². The van der Waals surface area contributed by atoms with E-state index >= 15 is 0 Å². The zero-order valence-corrected chi connectivity index (χ0v) is 15.3. The topological polar surface area (TPSA) is 138 Å². The largest absolute Gasteiger partial charge is 0.477 e. The van der Waals surface area contributed by atoms with Crippen LogP contribution in [0.4, 0.5) is 0 Å². The summed E-state index contributed by atoms with van der Waals surface area (Å²) in [6, 6.07) is 1.18. The smallest absolute Gasteiger partial charge is 0.352 e. The number of nitrogens with one attached hydrogen (secondary N) is 2. The number of aromatic amines is 1. The molecule has 9 nitrogen and oxygen atoms in total. The fourth-order valence-electron chi connectivity index (χ4n) is 3.93. The van der Waals surface area contributed by atoms with E-state index in [1.807, 2.05) is 0 Å². The van der Waals surface area contributed by atoms with Gasteiger partial charge in [-0.15, -0.1) is 0 Å². The Morgan fingerprint density at radius 2 is 2.11 bits per heavy atom. The lowest BCUT2D eigenvalue weighted by molar-refractivity contribution is -0.161. The SMILES string of the molecule is C[C@@H](O)[C@H]1C(=O)N2C(C(=O)O)=C(C(C=N)c3c[nH]c(C(=O)N(C)C)c3)C[C@H]12. The second-order valence-electron chi connectivity index (χ2n) is 7.12. The van der Waals surface area contributed by atoms with E-state index in [1.165, 1.54) is 16.7 Å². The van der Waals surface area contributed by atoms with Gasteiger partial charge < -0.3 is 30.4 Å². The first-order valence-corrected chi connectivity index (χ1v) is 8.57. The first-order valence-electron chi connectivity index (χ1n) is 8.57. The van der Waals surface area contributed by atoms with Gasteiger partial charge in [-0.1, -0.05) is 0 Å².